The molecule has 2 aromatic heterocycles. The summed E-state index contributed by atoms with van der Waals surface area (Å²) in [5.41, 5.74) is 3.46. The number of imidazole rings is 1. The molecule has 1 unspecified atom stereocenters. The topological polar surface area (TPSA) is 113 Å². The highest BCUT2D eigenvalue weighted by molar-refractivity contribution is 5.92. The van der Waals surface area contributed by atoms with Gasteiger partial charge in [0.1, 0.15) is 18.2 Å². The Morgan fingerprint density at radius 1 is 1.17 bits per heavy atom. The van der Waals surface area contributed by atoms with Crippen LogP contribution in [0.3, 0.4) is 0 Å². The van der Waals surface area contributed by atoms with Crippen molar-refractivity contribution in [3.8, 4) is 11.9 Å². The van der Waals surface area contributed by atoms with Gasteiger partial charge in [-0.3, -0.25) is 4.90 Å². The summed E-state index contributed by atoms with van der Waals surface area (Å²) >= 11 is 0. The van der Waals surface area contributed by atoms with Gasteiger partial charge in [0.15, 0.2) is 0 Å². The minimum Gasteiger partial charge on any atom is -0.478 e. The first-order valence-corrected chi connectivity index (χ1v) is 14.3. The third kappa shape index (κ3) is 5.71. The highest BCUT2D eigenvalue weighted by atomic mass is 19.1. The number of nitrogens with zero attached hydrogens (tertiary/aromatic N) is 5. The maximum Gasteiger partial charge on any atom is 0.335 e. The Morgan fingerprint density at radius 2 is 1.98 bits per heavy atom. The molecule has 0 bridgehead atoms. The lowest BCUT2D eigenvalue weighted by molar-refractivity contribution is -0.0594. The number of benzene rings is 2. The molecule has 2 fully saturated rings. The Kier molecular flexibility index (Phi) is 7.87. The number of aromatic nitrogens is 3. The number of carbonyl (C=O) groups is 1. The zero-order valence-electron chi connectivity index (χ0n) is 23.4. The van der Waals surface area contributed by atoms with E-state index >= 15 is 0 Å². The summed E-state index contributed by atoms with van der Waals surface area (Å²) < 4.78 is 27.9. The molecule has 2 aliphatic rings. The van der Waals surface area contributed by atoms with Crippen LogP contribution in [0, 0.1) is 17.1 Å². The molecule has 4 heterocycles. The molecule has 2 aliphatic heterocycles. The minimum absolute atomic E-state index is 0.0325. The minimum atomic E-state index is -0.953. The van der Waals surface area contributed by atoms with Gasteiger partial charge in [0.05, 0.1) is 46.9 Å². The SMILES string of the molecule is C[C@H](c1nc2ccc(C(=O)O)cc2n1CC1CCO1)N1CCC(c2cccc(OCc3ccc(C#N)cc3F)n2)CC1. The van der Waals surface area contributed by atoms with E-state index in [2.05, 4.69) is 16.4 Å². The molecule has 0 aliphatic carbocycles. The van der Waals surface area contributed by atoms with Crippen LogP contribution in [-0.4, -0.2) is 56.3 Å². The molecule has 0 spiro atoms. The first-order valence-electron chi connectivity index (χ1n) is 14.3. The van der Waals surface area contributed by atoms with Gasteiger partial charge in [-0.15, -0.1) is 0 Å². The van der Waals surface area contributed by atoms with E-state index in [-0.39, 0.29) is 35.8 Å². The second-order valence-corrected chi connectivity index (χ2v) is 11.0. The summed E-state index contributed by atoms with van der Waals surface area (Å²) in [7, 11) is 0. The summed E-state index contributed by atoms with van der Waals surface area (Å²) in [6.07, 6.45) is 2.93. The maximum atomic E-state index is 14.3. The first kappa shape index (κ1) is 27.8. The number of nitriles is 1. The fourth-order valence-electron chi connectivity index (χ4n) is 5.79. The van der Waals surface area contributed by atoms with Crippen molar-refractivity contribution in [2.45, 2.75) is 57.4 Å². The molecule has 6 rings (SSSR count). The van der Waals surface area contributed by atoms with Gasteiger partial charge in [-0.1, -0.05) is 12.1 Å². The van der Waals surface area contributed by atoms with E-state index in [4.69, 9.17) is 24.7 Å². The van der Waals surface area contributed by atoms with Crippen molar-refractivity contribution < 1.29 is 23.8 Å². The van der Waals surface area contributed by atoms with E-state index in [1.54, 1.807) is 36.4 Å². The third-order valence-corrected chi connectivity index (χ3v) is 8.38. The standard InChI is InChI=1S/C32H32FN5O4/c1-20(31-36-28-8-7-23(32(39)40)16-29(28)38(31)18-25-11-14-41-25)37-12-9-22(10-13-37)27-3-2-4-30(35-27)42-19-24-6-5-21(17-34)15-26(24)33/h2-8,15-16,20,22,25H,9-14,18-19H2,1H3,(H,39,40)/t20-,25?/m1/s1. The summed E-state index contributed by atoms with van der Waals surface area (Å²) in [6.45, 7) is 5.32. The van der Waals surface area contributed by atoms with Crippen molar-refractivity contribution in [1.29, 1.82) is 5.26 Å². The van der Waals surface area contributed by atoms with E-state index in [9.17, 15) is 14.3 Å². The summed E-state index contributed by atoms with van der Waals surface area (Å²) in [6, 6.07) is 17.1. The number of carboxylic acids is 1. The molecular formula is C32H32FN5O4. The number of hydrogen-bond acceptors (Lipinski definition) is 7. The van der Waals surface area contributed by atoms with E-state index in [0.717, 1.165) is 61.5 Å². The lowest BCUT2D eigenvalue weighted by Gasteiger charge is -2.36. The largest absolute Gasteiger partial charge is 0.478 e. The summed E-state index contributed by atoms with van der Waals surface area (Å²) in [5.74, 6) is 0.210. The van der Waals surface area contributed by atoms with Gasteiger partial charge in [-0.05, 0) is 75.7 Å². The maximum absolute atomic E-state index is 14.3. The van der Waals surface area contributed by atoms with E-state index in [1.165, 1.54) is 6.07 Å². The summed E-state index contributed by atoms with van der Waals surface area (Å²) in [4.78, 5) is 23.7. The fraction of sp³-hybridized carbons (Fsp3) is 0.375. The van der Waals surface area contributed by atoms with Crippen molar-refractivity contribution >= 4 is 17.0 Å². The Bertz CT molecular complexity index is 1650. The number of pyridine rings is 1. The van der Waals surface area contributed by atoms with Gasteiger partial charge in [0.2, 0.25) is 5.88 Å². The lowest BCUT2D eigenvalue weighted by atomic mass is 9.92. The quantitative estimate of drug-likeness (QED) is 0.283. The highest BCUT2D eigenvalue weighted by Crippen LogP contribution is 2.34. The number of rotatable bonds is 9. The number of likely N-dealkylation sites (tertiary alicyclic amines) is 1. The average Bonchev–Trinajstić information content (AvgIpc) is 3.35. The normalized spacial score (nSPS) is 18.4. The Balaban J connectivity index is 1.13. The monoisotopic (exact) mass is 569 g/mol. The molecule has 42 heavy (non-hydrogen) atoms. The van der Waals surface area contributed by atoms with Crippen molar-refractivity contribution in [2.24, 2.45) is 0 Å². The predicted molar refractivity (Wildman–Crippen MR) is 153 cm³/mol. The van der Waals surface area contributed by atoms with Crippen LogP contribution in [0.1, 0.15) is 71.1 Å². The van der Waals surface area contributed by atoms with Crippen LogP contribution in [0.4, 0.5) is 4.39 Å². The van der Waals surface area contributed by atoms with Crippen LogP contribution < -0.4 is 4.74 Å². The number of ether oxygens (including phenoxy) is 2. The molecule has 2 atom stereocenters. The van der Waals surface area contributed by atoms with Crippen LogP contribution in [0.25, 0.3) is 11.0 Å². The van der Waals surface area contributed by atoms with Crippen molar-refractivity contribution in [2.75, 3.05) is 19.7 Å². The van der Waals surface area contributed by atoms with Gasteiger partial charge in [0.25, 0.3) is 0 Å². The number of fused-ring (bicyclic) bond motifs is 1. The molecule has 2 aromatic carbocycles. The zero-order chi connectivity index (χ0) is 29.2. The van der Waals surface area contributed by atoms with Gasteiger partial charge in [0, 0.05) is 29.8 Å². The molecule has 2 saturated heterocycles. The Morgan fingerprint density at radius 3 is 2.67 bits per heavy atom. The molecule has 0 saturated carbocycles. The van der Waals surface area contributed by atoms with Crippen molar-refractivity contribution in [1.82, 2.24) is 19.4 Å². The molecule has 1 N–H and O–H groups in total. The van der Waals surface area contributed by atoms with Gasteiger partial charge in [-0.25, -0.2) is 19.2 Å². The van der Waals surface area contributed by atoms with E-state index in [0.29, 0.717) is 18.0 Å². The van der Waals surface area contributed by atoms with Crippen LogP contribution in [0.15, 0.2) is 54.6 Å². The second-order valence-electron chi connectivity index (χ2n) is 11.0. The van der Waals surface area contributed by atoms with Crippen molar-refractivity contribution in [3.63, 3.8) is 0 Å². The first-order chi connectivity index (χ1) is 20.4. The fourth-order valence-corrected chi connectivity index (χ4v) is 5.79. The Labute approximate surface area is 243 Å². The van der Waals surface area contributed by atoms with Gasteiger partial charge in [-0.2, -0.15) is 5.26 Å². The molecule has 4 aromatic rings. The molecule has 0 radical (unpaired) electrons. The number of carboxylic acid groups (broad SMARTS) is 1. The molecule has 9 nitrogen and oxygen atoms in total. The van der Waals surface area contributed by atoms with Gasteiger partial charge < -0.3 is 19.1 Å². The van der Waals surface area contributed by atoms with E-state index in [1.807, 2.05) is 18.2 Å². The summed E-state index contributed by atoms with van der Waals surface area (Å²) in [5, 5.41) is 18.5. The van der Waals surface area contributed by atoms with Crippen molar-refractivity contribution in [3.05, 3.63) is 88.6 Å². The Hall–Kier alpha value is -4.33. The predicted octanol–water partition coefficient (Wildman–Crippen LogP) is 5.45. The number of piperidine rings is 1. The number of aromatic carboxylic acids is 1. The molecule has 0 amide bonds. The zero-order valence-corrected chi connectivity index (χ0v) is 23.4. The van der Waals surface area contributed by atoms with Crippen LogP contribution in [0.2, 0.25) is 0 Å². The molecule has 10 heteroatoms. The molecular weight excluding hydrogens is 537 g/mol. The lowest BCUT2D eigenvalue weighted by Crippen LogP contribution is -2.37. The third-order valence-electron chi connectivity index (χ3n) is 8.38. The van der Waals surface area contributed by atoms with Crippen LogP contribution in [-0.2, 0) is 17.9 Å². The average molecular weight is 570 g/mol. The molecule has 216 valence electrons. The van der Waals surface area contributed by atoms with Crippen LogP contribution in [0.5, 0.6) is 5.88 Å². The van der Waals surface area contributed by atoms with E-state index < -0.39 is 11.8 Å². The van der Waals surface area contributed by atoms with Crippen LogP contribution >= 0.6 is 0 Å². The van der Waals surface area contributed by atoms with Gasteiger partial charge >= 0.3 is 5.97 Å². The number of halogens is 1. The highest BCUT2D eigenvalue weighted by Gasteiger charge is 2.30. The second kappa shape index (κ2) is 11.9. The smallest absolute Gasteiger partial charge is 0.335 e. The number of hydrogen-bond donors (Lipinski definition) is 1.